The van der Waals surface area contributed by atoms with Gasteiger partial charge in [0, 0.05) is 29.7 Å². The number of morpholine rings is 1. The van der Waals surface area contributed by atoms with Crippen LogP contribution in [0.5, 0.6) is 11.5 Å². The van der Waals surface area contributed by atoms with Crippen LogP contribution in [0.3, 0.4) is 0 Å². The molecule has 4 aliphatic heterocycles. The van der Waals surface area contributed by atoms with Crippen LogP contribution in [0.15, 0.2) is 24.3 Å². The average Bonchev–Trinajstić information content (AvgIpc) is 3.62. The van der Waals surface area contributed by atoms with E-state index in [0.717, 1.165) is 37.8 Å². The van der Waals surface area contributed by atoms with Crippen LogP contribution in [0.1, 0.15) is 122 Å². The Morgan fingerprint density at radius 2 is 0.767 bits per heavy atom. The van der Waals surface area contributed by atoms with Gasteiger partial charge in [0.25, 0.3) is 0 Å². The number of ether oxygens (including phenoxy) is 3. The smallest absolute Gasteiger partial charge is 0.231 e. The number of rotatable bonds is 0. The number of hydrogen-bond acceptors (Lipinski definition) is 6. The molecule has 6 nitrogen and oxygen atoms in total. The highest BCUT2D eigenvalue weighted by atomic mass is 16.7. The number of benzene rings is 1. The van der Waals surface area contributed by atoms with Crippen molar-refractivity contribution in [1.29, 1.82) is 0 Å². The van der Waals surface area contributed by atoms with Crippen LogP contribution in [0, 0.1) is 5.41 Å². The number of likely N-dealkylation sites (tertiary alicyclic amines) is 2. The summed E-state index contributed by atoms with van der Waals surface area (Å²) in [6, 6.07) is 7.63. The normalized spacial score (nSPS) is 19.8. The molecule has 0 amide bonds. The fourth-order valence-corrected chi connectivity index (χ4v) is 5.03. The standard InChI is InChI=1S/C9H19N.C8H17NO.C8H17N.C7H6O2.C5H12/c1-9(2,3)10-7-5-4-6-8-10;1-8(2,3)9-4-6-10-7-5-9;1-8(2,3)9-6-4-5-7-9;1-2-4-7-6(3-1)8-5-9-7;1-5(2,3)4/h4-8H2,1-3H3;4-7H2,1-3H3;4-7H2,1-3H3;1-4H,5H2;1-4H3. The van der Waals surface area contributed by atoms with E-state index in [4.69, 9.17) is 14.2 Å². The van der Waals surface area contributed by atoms with Gasteiger partial charge in [0.05, 0.1) is 13.2 Å². The largest absolute Gasteiger partial charge is 0.454 e. The highest BCUT2D eigenvalue weighted by Gasteiger charge is 2.24. The summed E-state index contributed by atoms with van der Waals surface area (Å²) in [5, 5.41) is 0. The average molecular weight is 606 g/mol. The Morgan fingerprint density at radius 3 is 1.05 bits per heavy atom. The third-order valence-corrected chi connectivity index (χ3v) is 7.60. The van der Waals surface area contributed by atoms with Crippen LogP contribution in [-0.2, 0) is 4.74 Å². The zero-order valence-electron chi connectivity index (χ0n) is 30.8. The summed E-state index contributed by atoms with van der Waals surface area (Å²) < 4.78 is 15.4. The second-order valence-electron chi connectivity index (χ2n) is 16.7. The van der Waals surface area contributed by atoms with E-state index in [2.05, 4.69) is 105 Å². The minimum atomic E-state index is 0.323. The molecule has 3 saturated heterocycles. The predicted molar refractivity (Wildman–Crippen MR) is 186 cm³/mol. The molecule has 5 rings (SSSR count). The monoisotopic (exact) mass is 606 g/mol. The van der Waals surface area contributed by atoms with Crippen molar-refractivity contribution in [2.24, 2.45) is 5.41 Å². The molecule has 4 heterocycles. The lowest BCUT2D eigenvalue weighted by Gasteiger charge is -2.38. The second-order valence-corrected chi connectivity index (χ2v) is 16.7. The van der Waals surface area contributed by atoms with Crippen molar-refractivity contribution in [3.63, 3.8) is 0 Å². The van der Waals surface area contributed by atoms with Crippen LogP contribution in [-0.4, -0.2) is 90.6 Å². The second kappa shape index (κ2) is 18.6. The maximum absolute atomic E-state index is 5.25. The molecule has 0 bridgehead atoms. The zero-order valence-corrected chi connectivity index (χ0v) is 30.8. The quantitative estimate of drug-likeness (QED) is 0.294. The Bertz CT molecular complexity index is 787. The van der Waals surface area contributed by atoms with Gasteiger partial charge < -0.3 is 14.2 Å². The summed E-state index contributed by atoms with van der Waals surface area (Å²) in [5.41, 5.74) is 1.64. The molecule has 0 saturated carbocycles. The van der Waals surface area contributed by atoms with Gasteiger partial charge >= 0.3 is 0 Å². The van der Waals surface area contributed by atoms with E-state index >= 15 is 0 Å². The van der Waals surface area contributed by atoms with Crippen LogP contribution in [0.2, 0.25) is 0 Å². The Morgan fingerprint density at radius 1 is 0.465 bits per heavy atom. The number of piperidine rings is 1. The molecular weight excluding hydrogens is 534 g/mol. The van der Waals surface area contributed by atoms with Gasteiger partial charge in [0.1, 0.15) is 0 Å². The molecule has 0 spiro atoms. The molecule has 0 radical (unpaired) electrons. The van der Waals surface area contributed by atoms with Crippen molar-refractivity contribution in [2.45, 2.75) is 139 Å². The molecule has 0 N–H and O–H groups in total. The van der Waals surface area contributed by atoms with Gasteiger partial charge in [0.2, 0.25) is 6.79 Å². The fraction of sp³-hybridized carbons (Fsp3) is 0.838. The van der Waals surface area contributed by atoms with E-state index in [9.17, 15) is 0 Å². The highest BCUT2D eigenvalue weighted by molar-refractivity contribution is 5.40. The summed E-state index contributed by atoms with van der Waals surface area (Å²) in [4.78, 5) is 7.58. The SMILES string of the molecule is CC(C)(C)C.CC(C)(C)N1CCCC1.CC(C)(C)N1CCCCC1.CC(C)(C)N1CCOCC1.c1ccc2c(c1)OCO2. The van der Waals surface area contributed by atoms with E-state index < -0.39 is 0 Å². The minimum Gasteiger partial charge on any atom is -0.454 e. The maximum Gasteiger partial charge on any atom is 0.231 e. The van der Waals surface area contributed by atoms with Gasteiger partial charge in [-0.2, -0.15) is 0 Å². The van der Waals surface area contributed by atoms with E-state index in [1.165, 1.54) is 58.3 Å². The first-order valence-corrected chi connectivity index (χ1v) is 17.0. The lowest BCUT2D eigenvalue weighted by atomic mass is 10.0. The third kappa shape index (κ3) is 18.9. The lowest BCUT2D eigenvalue weighted by molar-refractivity contribution is -0.00389. The highest BCUT2D eigenvalue weighted by Crippen LogP contribution is 2.30. The van der Waals surface area contributed by atoms with Crippen molar-refractivity contribution in [3.8, 4) is 11.5 Å². The molecule has 0 aliphatic carbocycles. The minimum absolute atomic E-state index is 0.323. The number of hydrogen-bond donors (Lipinski definition) is 0. The first-order valence-electron chi connectivity index (χ1n) is 17.0. The van der Waals surface area contributed by atoms with Gasteiger partial charge in [-0.05, 0) is 132 Å². The summed E-state index contributed by atoms with van der Waals surface area (Å²) in [6.45, 7) is 38.8. The number of nitrogens with zero attached hydrogens (tertiary/aromatic N) is 3. The molecular formula is C37H71N3O3. The molecule has 3 fully saturated rings. The molecule has 6 heteroatoms. The Kier molecular flexibility index (Phi) is 17.2. The molecule has 252 valence electrons. The van der Waals surface area contributed by atoms with Crippen molar-refractivity contribution < 1.29 is 14.2 Å². The van der Waals surface area contributed by atoms with Crippen molar-refractivity contribution >= 4 is 0 Å². The number of para-hydroxylation sites is 2. The summed E-state index contributed by atoms with van der Waals surface area (Å²) >= 11 is 0. The van der Waals surface area contributed by atoms with E-state index in [0.29, 0.717) is 28.8 Å². The van der Waals surface area contributed by atoms with Gasteiger partial charge in [0.15, 0.2) is 11.5 Å². The van der Waals surface area contributed by atoms with Gasteiger partial charge in [-0.15, -0.1) is 0 Å². The Labute approximate surface area is 267 Å². The summed E-state index contributed by atoms with van der Waals surface area (Å²) in [5.74, 6) is 1.69. The van der Waals surface area contributed by atoms with Gasteiger partial charge in [-0.3, -0.25) is 14.7 Å². The van der Waals surface area contributed by atoms with E-state index in [-0.39, 0.29) is 0 Å². The van der Waals surface area contributed by atoms with Crippen molar-refractivity contribution in [3.05, 3.63) is 24.3 Å². The molecule has 0 unspecified atom stereocenters. The predicted octanol–water partition coefficient (Wildman–Crippen LogP) is 8.74. The first-order chi connectivity index (χ1) is 19.8. The fourth-order valence-electron chi connectivity index (χ4n) is 5.03. The first kappa shape index (κ1) is 39.7. The lowest BCUT2D eigenvalue weighted by Crippen LogP contribution is -2.47. The molecule has 43 heavy (non-hydrogen) atoms. The molecule has 4 aliphatic rings. The van der Waals surface area contributed by atoms with E-state index in [1.807, 2.05) is 24.3 Å². The molecule has 0 aromatic heterocycles. The van der Waals surface area contributed by atoms with Crippen LogP contribution < -0.4 is 9.47 Å². The van der Waals surface area contributed by atoms with E-state index in [1.54, 1.807) is 0 Å². The van der Waals surface area contributed by atoms with Crippen LogP contribution in [0.25, 0.3) is 0 Å². The third-order valence-electron chi connectivity index (χ3n) is 7.60. The van der Waals surface area contributed by atoms with Gasteiger partial charge in [-0.1, -0.05) is 46.2 Å². The summed E-state index contributed by atoms with van der Waals surface area (Å²) in [7, 11) is 0. The Hall–Kier alpha value is -1.34. The van der Waals surface area contributed by atoms with Crippen LogP contribution in [0.4, 0.5) is 0 Å². The zero-order chi connectivity index (χ0) is 32.7. The van der Waals surface area contributed by atoms with Crippen LogP contribution >= 0.6 is 0 Å². The molecule has 1 aromatic carbocycles. The number of fused-ring (bicyclic) bond motifs is 1. The molecule has 1 aromatic rings. The topological polar surface area (TPSA) is 37.4 Å². The molecule has 0 atom stereocenters. The maximum atomic E-state index is 5.25. The Balaban J connectivity index is 0.000000273. The summed E-state index contributed by atoms with van der Waals surface area (Å²) in [6.07, 6.45) is 7.04. The van der Waals surface area contributed by atoms with Crippen molar-refractivity contribution in [1.82, 2.24) is 14.7 Å². The van der Waals surface area contributed by atoms with Crippen molar-refractivity contribution in [2.75, 3.05) is 59.3 Å². The van der Waals surface area contributed by atoms with Gasteiger partial charge in [-0.25, -0.2) is 0 Å².